The van der Waals surface area contributed by atoms with Crippen LogP contribution in [0.5, 0.6) is 11.5 Å². The van der Waals surface area contributed by atoms with Crippen LogP contribution in [0.3, 0.4) is 0 Å². The number of ketones is 2. The van der Waals surface area contributed by atoms with Gasteiger partial charge < -0.3 is 9.84 Å². The van der Waals surface area contributed by atoms with Crippen molar-refractivity contribution in [1.82, 2.24) is 4.90 Å². The number of allylic oxidation sites excluding steroid dienone is 6. The van der Waals surface area contributed by atoms with Gasteiger partial charge in [-0.15, -0.1) is 0 Å². The van der Waals surface area contributed by atoms with Gasteiger partial charge in [0.25, 0.3) is 0 Å². The zero-order valence-corrected chi connectivity index (χ0v) is 19.7. The molecule has 170 valence electrons. The Bertz CT molecular complexity index is 1230. The molecule has 0 radical (unpaired) electrons. The Hall–Kier alpha value is -3.00. The van der Waals surface area contributed by atoms with E-state index in [1.165, 1.54) is 24.2 Å². The fraction of sp³-hybridized carbons (Fsp3) is 0.360. The second-order valence-corrected chi connectivity index (χ2v) is 9.60. The Labute approximate surface area is 198 Å². The van der Waals surface area contributed by atoms with Gasteiger partial charge in [0.1, 0.15) is 0 Å². The first-order valence-corrected chi connectivity index (χ1v) is 11.7. The third-order valence-electron chi connectivity index (χ3n) is 7.27. The molecule has 0 spiro atoms. The minimum Gasteiger partial charge on any atom is -0.504 e. The monoisotopic (exact) mass is 511 g/mol. The van der Waals surface area contributed by atoms with Crippen LogP contribution >= 0.6 is 15.9 Å². The Morgan fingerprint density at radius 3 is 2.58 bits per heavy atom. The first-order valence-electron chi connectivity index (χ1n) is 10.9. The molecular formula is C25H22BrNO6. The first-order chi connectivity index (χ1) is 15.8. The lowest BCUT2D eigenvalue weighted by Gasteiger charge is -2.42. The van der Waals surface area contributed by atoms with Crippen molar-refractivity contribution in [2.45, 2.75) is 25.7 Å². The van der Waals surface area contributed by atoms with E-state index in [4.69, 9.17) is 4.74 Å². The molecule has 0 saturated carbocycles. The maximum absolute atomic E-state index is 13.2. The molecule has 4 unspecified atom stereocenters. The van der Waals surface area contributed by atoms with Crippen LogP contribution in [0.4, 0.5) is 0 Å². The van der Waals surface area contributed by atoms with Crippen molar-refractivity contribution in [2.24, 2.45) is 17.8 Å². The molecule has 7 nitrogen and oxygen atoms in total. The van der Waals surface area contributed by atoms with Crippen LogP contribution in [0.25, 0.3) is 0 Å². The number of ether oxygens (including phenoxy) is 1. The number of carbonyl (C=O) groups excluding carboxylic acids is 4. The molecular weight excluding hydrogens is 490 g/mol. The molecule has 1 aromatic carbocycles. The van der Waals surface area contributed by atoms with Crippen LogP contribution in [-0.2, 0) is 19.2 Å². The highest BCUT2D eigenvalue weighted by Crippen LogP contribution is 2.55. The third kappa shape index (κ3) is 3.07. The van der Waals surface area contributed by atoms with E-state index in [1.807, 2.05) is 6.08 Å². The number of benzene rings is 1. The average molecular weight is 512 g/mol. The summed E-state index contributed by atoms with van der Waals surface area (Å²) in [6, 6.07) is 4.91. The van der Waals surface area contributed by atoms with Crippen molar-refractivity contribution in [1.29, 1.82) is 0 Å². The predicted molar refractivity (Wildman–Crippen MR) is 122 cm³/mol. The standard InChI is InChI=1S/C25H22BrNO6/c1-3-27-24(31)13-6-5-12-14(21(13)25(27)32)9-15-22(18(29)10-16(26)23(15)30)20(12)11-4-7-19(33-2)17(28)8-11/h4-5,7-8,10,13-14,20-21,28H,3,6,9H2,1-2H3. The minimum atomic E-state index is -0.594. The molecule has 4 atom stereocenters. The second-order valence-electron chi connectivity index (χ2n) is 8.75. The molecule has 4 aliphatic rings. The average Bonchev–Trinajstić information content (AvgIpc) is 3.05. The van der Waals surface area contributed by atoms with Crippen molar-refractivity contribution < 1.29 is 29.0 Å². The number of likely N-dealkylation sites (tertiary alicyclic amines) is 1. The second kappa shape index (κ2) is 7.80. The van der Waals surface area contributed by atoms with E-state index >= 15 is 0 Å². The SMILES string of the molecule is CCN1C(=O)C2CC=C3C(c4ccc(OC)c(O)c4)C4=C(CC3C2C1=O)C(=O)C(Br)=CC4=O. The fourth-order valence-electron chi connectivity index (χ4n) is 5.85. The fourth-order valence-corrected chi connectivity index (χ4v) is 6.30. The number of amides is 2. The smallest absolute Gasteiger partial charge is 0.233 e. The molecule has 1 N–H and O–H groups in total. The highest BCUT2D eigenvalue weighted by molar-refractivity contribution is 9.12. The lowest BCUT2D eigenvalue weighted by Crippen LogP contribution is -2.39. The van der Waals surface area contributed by atoms with Crippen LogP contribution in [-0.4, -0.2) is 47.0 Å². The highest BCUT2D eigenvalue weighted by Gasteiger charge is 2.55. The van der Waals surface area contributed by atoms with Crippen LogP contribution in [0.1, 0.15) is 31.2 Å². The Morgan fingerprint density at radius 2 is 1.91 bits per heavy atom. The van der Waals surface area contributed by atoms with E-state index in [9.17, 15) is 24.3 Å². The maximum atomic E-state index is 13.2. The molecule has 2 amide bonds. The number of fused-ring (bicyclic) bond motifs is 3. The summed E-state index contributed by atoms with van der Waals surface area (Å²) in [5, 5.41) is 10.4. The van der Waals surface area contributed by atoms with Gasteiger partial charge in [-0.2, -0.15) is 0 Å². The van der Waals surface area contributed by atoms with Gasteiger partial charge in [0.05, 0.1) is 23.4 Å². The van der Waals surface area contributed by atoms with Crippen LogP contribution in [0, 0.1) is 17.8 Å². The number of halogens is 1. The molecule has 1 fully saturated rings. The molecule has 1 aromatic rings. The topological polar surface area (TPSA) is 101 Å². The predicted octanol–water partition coefficient (Wildman–Crippen LogP) is 3.18. The van der Waals surface area contributed by atoms with Gasteiger partial charge in [0, 0.05) is 29.7 Å². The van der Waals surface area contributed by atoms with E-state index in [-0.39, 0.29) is 46.0 Å². The number of carbonyl (C=O) groups is 4. The van der Waals surface area contributed by atoms with Gasteiger partial charge in [-0.1, -0.05) is 17.7 Å². The van der Waals surface area contributed by atoms with Gasteiger partial charge in [-0.3, -0.25) is 24.1 Å². The van der Waals surface area contributed by atoms with E-state index in [2.05, 4.69) is 15.9 Å². The van der Waals surface area contributed by atoms with E-state index in [0.29, 0.717) is 35.4 Å². The molecule has 5 rings (SSSR count). The lowest BCUT2D eigenvalue weighted by atomic mass is 9.59. The number of Topliss-reactive ketones (excluding diaryl/α,β-unsaturated/α-hetero) is 1. The van der Waals surface area contributed by atoms with Gasteiger partial charge in [0.2, 0.25) is 11.8 Å². The number of phenolic OH excluding ortho intramolecular Hbond substituents is 1. The highest BCUT2D eigenvalue weighted by atomic mass is 79.9. The summed E-state index contributed by atoms with van der Waals surface area (Å²) in [6.07, 6.45) is 3.87. The van der Waals surface area contributed by atoms with Gasteiger partial charge in [0.15, 0.2) is 23.1 Å². The van der Waals surface area contributed by atoms with Gasteiger partial charge >= 0.3 is 0 Å². The summed E-state index contributed by atoms with van der Waals surface area (Å²) in [5.41, 5.74) is 2.23. The number of phenols is 1. The molecule has 0 bridgehead atoms. The number of hydrogen-bond donors (Lipinski definition) is 1. The molecule has 33 heavy (non-hydrogen) atoms. The third-order valence-corrected chi connectivity index (χ3v) is 7.86. The summed E-state index contributed by atoms with van der Waals surface area (Å²) in [6.45, 7) is 2.08. The van der Waals surface area contributed by atoms with Crippen LogP contribution < -0.4 is 4.74 Å². The van der Waals surface area contributed by atoms with Crippen LogP contribution in [0.2, 0.25) is 0 Å². The first kappa shape index (κ1) is 21.8. The summed E-state index contributed by atoms with van der Waals surface area (Å²) >= 11 is 3.21. The quantitative estimate of drug-likeness (QED) is 0.380. The Kier molecular flexibility index (Phi) is 5.16. The molecule has 1 aliphatic heterocycles. The summed E-state index contributed by atoms with van der Waals surface area (Å²) < 4.78 is 5.35. The molecule has 0 aromatic heterocycles. The van der Waals surface area contributed by atoms with Crippen LogP contribution in [0.15, 0.2) is 51.6 Å². The van der Waals surface area contributed by atoms with Gasteiger partial charge in [-0.05, 0) is 59.3 Å². The summed E-state index contributed by atoms with van der Waals surface area (Å²) in [4.78, 5) is 53.6. The molecule has 8 heteroatoms. The van der Waals surface area contributed by atoms with Crippen molar-refractivity contribution in [3.05, 3.63) is 57.1 Å². The number of rotatable bonds is 3. The molecule has 3 aliphatic carbocycles. The minimum absolute atomic E-state index is 0.0795. The number of aromatic hydroxyl groups is 1. The Morgan fingerprint density at radius 1 is 1.15 bits per heavy atom. The van der Waals surface area contributed by atoms with E-state index < -0.39 is 17.8 Å². The zero-order valence-electron chi connectivity index (χ0n) is 18.1. The van der Waals surface area contributed by atoms with Gasteiger partial charge in [-0.25, -0.2) is 0 Å². The van der Waals surface area contributed by atoms with Crippen molar-refractivity contribution >= 4 is 39.3 Å². The summed E-state index contributed by atoms with van der Waals surface area (Å²) in [7, 11) is 1.45. The number of nitrogens with zero attached hydrogens (tertiary/aromatic N) is 1. The molecule has 1 saturated heterocycles. The number of hydrogen-bond acceptors (Lipinski definition) is 6. The van der Waals surface area contributed by atoms with E-state index in [0.717, 1.165) is 5.57 Å². The van der Waals surface area contributed by atoms with Crippen molar-refractivity contribution in [2.75, 3.05) is 13.7 Å². The maximum Gasteiger partial charge on any atom is 0.233 e. The largest absolute Gasteiger partial charge is 0.504 e. The van der Waals surface area contributed by atoms with Crippen molar-refractivity contribution in [3.8, 4) is 11.5 Å². The zero-order chi connectivity index (χ0) is 23.6. The lowest BCUT2D eigenvalue weighted by molar-refractivity contribution is -0.139. The summed E-state index contributed by atoms with van der Waals surface area (Å²) in [5.74, 6) is -2.71. The van der Waals surface area contributed by atoms with Crippen molar-refractivity contribution in [3.63, 3.8) is 0 Å². The normalized spacial score (nSPS) is 28.9. The molecule has 1 heterocycles. The number of methoxy groups -OCH3 is 1. The van der Waals surface area contributed by atoms with E-state index in [1.54, 1.807) is 19.1 Å². The number of imide groups is 1. The Balaban J connectivity index is 1.70.